The summed E-state index contributed by atoms with van der Waals surface area (Å²) in [5.74, 6) is 0.428. The molecule has 1 aromatic rings. The molecule has 1 unspecified atom stereocenters. The third-order valence-corrected chi connectivity index (χ3v) is 6.01. The molecule has 1 aromatic carbocycles. The molecule has 1 aliphatic heterocycles. The summed E-state index contributed by atoms with van der Waals surface area (Å²) in [6.07, 6.45) is 1.96. The number of sulfonamides is 1. The molecular formula is C15H23ClN2O2S. The van der Waals surface area contributed by atoms with Crippen molar-refractivity contribution in [2.75, 3.05) is 19.6 Å². The van der Waals surface area contributed by atoms with Crippen LogP contribution >= 0.6 is 11.6 Å². The van der Waals surface area contributed by atoms with Crippen molar-refractivity contribution >= 4 is 21.6 Å². The maximum atomic E-state index is 12.6. The first kappa shape index (κ1) is 16.7. The lowest BCUT2D eigenvalue weighted by molar-refractivity contribution is 0.464. The van der Waals surface area contributed by atoms with Gasteiger partial charge in [-0.05, 0) is 49.1 Å². The van der Waals surface area contributed by atoms with Gasteiger partial charge in [-0.2, -0.15) is 4.31 Å². The molecule has 1 saturated heterocycles. The number of benzene rings is 1. The summed E-state index contributed by atoms with van der Waals surface area (Å²) >= 11 is 6.16. The second-order valence-electron chi connectivity index (χ2n) is 5.69. The predicted molar refractivity (Wildman–Crippen MR) is 86.0 cm³/mol. The molecule has 0 aliphatic carbocycles. The van der Waals surface area contributed by atoms with Gasteiger partial charge in [0.25, 0.3) is 0 Å². The summed E-state index contributed by atoms with van der Waals surface area (Å²) in [4.78, 5) is 0.342. The Morgan fingerprint density at radius 1 is 1.43 bits per heavy atom. The quantitative estimate of drug-likeness (QED) is 0.816. The van der Waals surface area contributed by atoms with E-state index in [1.54, 1.807) is 22.5 Å². The van der Waals surface area contributed by atoms with E-state index in [2.05, 4.69) is 19.2 Å². The smallest absolute Gasteiger partial charge is 0.243 e. The van der Waals surface area contributed by atoms with Crippen molar-refractivity contribution in [1.29, 1.82) is 0 Å². The highest BCUT2D eigenvalue weighted by atomic mass is 35.5. The minimum atomic E-state index is -3.39. The van der Waals surface area contributed by atoms with Crippen molar-refractivity contribution in [3.63, 3.8) is 0 Å². The van der Waals surface area contributed by atoms with Crippen molar-refractivity contribution in [2.45, 2.75) is 38.1 Å². The minimum absolute atomic E-state index is 0.342. The number of hydrogen-bond donors (Lipinski definition) is 1. The summed E-state index contributed by atoms with van der Waals surface area (Å²) in [5, 5.41) is 3.86. The average molecular weight is 331 g/mol. The van der Waals surface area contributed by atoms with Crippen molar-refractivity contribution in [1.82, 2.24) is 9.62 Å². The van der Waals surface area contributed by atoms with E-state index in [0.29, 0.717) is 35.5 Å². The van der Waals surface area contributed by atoms with Crippen LogP contribution in [0.3, 0.4) is 0 Å². The maximum absolute atomic E-state index is 12.6. The largest absolute Gasteiger partial charge is 0.313 e. The highest BCUT2D eigenvalue weighted by Gasteiger charge is 2.30. The van der Waals surface area contributed by atoms with E-state index in [1.807, 2.05) is 0 Å². The molecule has 0 saturated carbocycles. The fourth-order valence-electron chi connectivity index (χ4n) is 2.51. The molecule has 0 aromatic heterocycles. The zero-order valence-electron chi connectivity index (χ0n) is 12.6. The summed E-state index contributed by atoms with van der Waals surface area (Å²) in [7, 11) is -3.39. The van der Waals surface area contributed by atoms with Crippen LogP contribution < -0.4 is 5.32 Å². The Balaban J connectivity index is 2.21. The van der Waals surface area contributed by atoms with Crippen LogP contribution in [0.2, 0.25) is 5.02 Å². The van der Waals surface area contributed by atoms with Crippen LogP contribution in [0.4, 0.5) is 0 Å². The van der Waals surface area contributed by atoms with E-state index in [0.717, 1.165) is 24.9 Å². The van der Waals surface area contributed by atoms with Crippen molar-refractivity contribution in [3.8, 4) is 0 Å². The average Bonchev–Trinajstić information content (AvgIpc) is 2.88. The monoisotopic (exact) mass is 330 g/mol. The van der Waals surface area contributed by atoms with Gasteiger partial charge in [-0.3, -0.25) is 0 Å². The van der Waals surface area contributed by atoms with Gasteiger partial charge in [-0.1, -0.05) is 25.4 Å². The van der Waals surface area contributed by atoms with E-state index in [1.165, 1.54) is 0 Å². The molecule has 0 spiro atoms. The highest BCUT2D eigenvalue weighted by molar-refractivity contribution is 7.89. The topological polar surface area (TPSA) is 49.4 Å². The van der Waals surface area contributed by atoms with Crippen LogP contribution in [0.15, 0.2) is 23.1 Å². The predicted octanol–water partition coefficient (Wildman–Crippen LogP) is 2.87. The second kappa shape index (κ2) is 7.09. The van der Waals surface area contributed by atoms with Crippen molar-refractivity contribution in [2.24, 2.45) is 5.92 Å². The molecule has 6 heteroatoms. The van der Waals surface area contributed by atoms with Crippen LogP contribution in [0, 0.1) is 5.92 Å². The molecule has 21 heavy (non-hydrogen) atoms. The normalized spacial score (nSPS) is 20.0. The Bertz CT molecular complexity index is 589. The first-order valence-electron chi connectivity index (χ1n) is 7.44. The highest BCUT2D eigenvalue weighted by Crippen LogP contribution is 2.26. The number of nitrogens with zero attached hydrogens (tertiary/aromatic N) is 1. The second-order valence-corrected chi connectivity index (χ2v) is 8.03. The fourth-order valence-corrected chi connectivity index (χ4v) is 4.32. The zero-order valence-corrected chi connectivity index (χ0v) is 14.2. The van der Waals surface area contributed by atoms with Crippen LogP contribution in [0.25, 0.3) is 0 Å². The molecular weight excluding hydrogens is 308 g/mol. The Labute approximate surface area is 132 Å². The molecule has 1 aliphatic rings. The van der Waals surface area contributed by atoms with Gasteiger partial charge in [0, 0.05) is 24.7 Å². The van der Waals surface area contributed by atoms with Gasteiger partial charge in [0.1, 0.15) is 0 Å². The molecule has 0 radical (unpaired) electrons. The molecule has 1 fully saturated rings. The summed E-state index contributed by atoms with van der Waals surface area (Å²) in [5.41, 5.74) is 0.832. The first-order valence-corrected chi connectivity index (χ1v) is 9.26. The van der Waals surface area contributed by atoms with Crippen molar-refractivity contribution < 1.29 is 8.42 Å². The third kappa shape index (κ3) is 3.97. The van der Waals surface area contributed by atoms with Gasteiger partial charge < -0.3 is 5.32 Å². The molecule has 1 atom stereocenters. The Morgan fingerprint density at radius 3 is 2.81 bits per heavy atom. The Hall–Kier alpha value is -0.620. The molecule has 118 valence electrons. The lowest BCUT2D eigenvalue weighted by Gasteiger charge is -2.17. The van der Waals surface area contributed by atoms with Crippen LogP contribution in [0.5, 0.6) is 0 Å². The van der Waals surface area contributed by atoms with E-state index < -0.39 is 10.0 Å². The summed E-state index contributed by atoms with van der Waals surface area (Å²) < 4.78 is 26.8. The molecule has 4 nitrogen and oxygen atoms in total. The van der Waals surface area contributed by atoms with Crippen LogP contribution in [-0.4, -0.2) is 32.4 Å². The third-order valence-electron chi connectivity index (χ3n) is 3.78. The molecule has 2 rings (SSSR count). The van der Waals surface area contributed by atoms with Gasteiger partial charge in [-0.15, -0.1) is 0 Å². The lowest BCUT2D eigenvalue weighted by Crippen LogP contribution is -2.28. The zero-order chi connectivity index (χ0) is 15.5. The summed E-state index contributed by atoms with van der Waals surface area (Å²) in [6, 6.07) is 4.98. The van der Waals surface area contributed by atoms with E-state index in [9.17, 15) is 8.42 Å². The lowest BCUT2D eigenvalue weighted by atomic mass is 10.2. The van der Waals surface area contributed by atoms with Gasteiger partial charge in [-0.25, -0.2) is 8.42 Å². The van der Waals surface area contributed by atoms with E-state index >= 15 is 0 Å². The Kier molecular flexibility index (Phi) is 5.66. The molecule has 0 amide bonds. The SMILES string of the molecule is CCCNCc1cc(S(=O)(=O)N2CCC(C)C2)ccc1Cl. The molecule has 1 N–H and O–H groups in total. The number of halogens is 1. The van der Waals surface area contributed by atoms with Gasteiger partial charge in [0.15, 0.2) is 0 Å². The maximum Gasteiger partial charge on any atom is 0.243 e. The first-order chi connectivity index (χ1) is 9.95. The molecule has 0 bridgehead atoms. The van der Waals surface area contributed by atoms with Gasteiger partial charge in [0.05, 0.1) is 4.90 Å². The fraction of sp³-hybridized carbons (Fsp3) is 0.600. The van der Waals surface area contributed by atoms with E-state index in [-0.39, 0.29) is 0 Å². The number of hydrogen-bond acceptors (Lipinski definition) is 3. The molecule has 1 heterocycles. The Morgan fingerprint density at radius 2 is 2.19 bits per heavy atom. The number of nitrogens with one attached hydrogen (secondary N) is 1. The van der Waals surface area contributed by atoms with Gasteiger partial charge >= 0.3 is 0 Å². The van der Waals surface area contributed by atoms with Gasteiger partial charge in [0.2, 0.25) is 10.0 Å². The number of rotatable bonds is 6. The standard InChI is InChI=1S/C15H23ClN2O2S/c1-3-7-17-10-13-9-14(4-5-15(13)16)21(19,20)18-8-6-12(2)11-18/h4-5,9,12,17H,3,6-8,10-11H2,1-2H3. The minimum Gasteiger partial charge on any atom is -0.313 e. The van der Waals surface area contributed by atoms with Crippen molar-refractivity contribution in [3.05, 3.63) is 28.8 Å². The van der Waals surface area contributed by atoms with E-state index in [4.69, 9.17) is 11.6 Å². The van der Waals surface area contributed by atoms with Crippen LogP contribution in [0.1, 0.15) is 32.3 Å². The summed E-state index contributed by atoms with van der Waals surface area (Å²) in [6.45, 7) is 6.86. The van der Waals surface area contributed by atoms with Crippen LogP contribution in [-0.2, 0) is 16.6 Å².